The van der Waals surface area contributed by atoms with Gasteiger partial charge in [0, 0.05) is 10.9 Å². The van der Waals surface area contributed by atoms with Crippen LogP contribution in [0.4, 0.5) is 0 Å². The third kappa shape index (κ3) is 5.83. The van der Waals surface area contributed by atoms with Crippen molar-refractivity contribution in [1.29, 1.82) is 0 Å². The first-order chi connectivity index (χ1) is 9.38. The molecule has 6 nitrogen and oxygen atoms in total. The predicted molar refractivity (Wildman–Crippen MR) is 75.8 cm³/mol. The lowest BCUT2D eigenvalue weighted by atomic mass is 10.1. The quantitative estimate of drug-likeness (QED) is 0.681. The van der Waals surface area contributed by atoms with Crippen molar-refractivity contribution in [3.63, 3.8) is 0 Å². The van der Waals surface area contributed by atoms with Gasteiger partial charge in [-0.05, 0) is 24.1 Å². The van der Waals surface area contributed by atoms with E-state index in [4.69, 9.17) is 10.8 Å². The first-order valence-electron chi connectivity index (χ1n) is 5.93. The Morgan fingerprint density at radius 2 is 1.85 bits per heavy atom. The number of nitrogens with one attached hydrogen (secondary N) is 1. The number of aliphatic carboxylic acids is 1. The number of primary amides is 1. The summed E-state index contributed by atoms with van der Waals surface area (Å²) in [7, 11) is 0. The highest BCUT2D eigenvalue weighted by atomic mass is 79.9. The molecule has 0 spiro atoms. The van der Waals surface area contributed by atoms with Gasteiger partial charge in [-0.1, -0.05) is 28.1 Å². The van der Waals surface area contributed by atoms with Crippen molar-refractivity contribution in [2.24, 2.45) is 5.73 Å². The second-order valence-electron chi connectivity index (χ2n) is 4.27. The van der Waals surface area contributed by atoms with Crippen LogP contribution in [0, 0.1) is 0 Å². The van der Waals surface area contributed by atoms with Gasteiger partial charge in [0.1, 0.15) is 6.04 Å². The molecule has 0 aliphatic rings. The van der Waals surface area contributed by atoms with Crippen LogP contribution >= 0.6 is 15.9 Å². The van der Waals surface area contributed by atoms with Crippen molar-refractivity contribution in [1.82, 2.24) is 5.32 Å². The van der Waals surface area contributed by atoms with Crippen LogP contribution in [0.15, 0.2) is 28.7 Å². The molecule has 0 radical (unpaired) electrons. The highest BCUT2D eigenvalue weighted by Crippen LogP contribution is 2.11. The molecule has 1 rings (SSSR count). The van der Waals surface area contributed by atoms with Gasteiger partial charge in [-0.3, -0.25) is 9.59 Å². The molecule has 0 aliphatic heterocycles. The summed E-state index contributed by atoms with van der Waals surface area (Å²) in [5.41, 5.74) is 5.73. The molecule has 1 atom stereocenters. The normalized spacial score (nSPS) is 11.7. The van der Waals surface area contributed by atoms with Gasteiger partial charge in [-0.2, -0.15) is 0 Å². The average Bonchev–Trinajstić information content (AvgIpc) is 2.36. The highest BCUT2D eigenvalue weighted by Gasteiger charge is 2.20. The summed E-state index contributed by atoms with van der Waals surface area (Å²) in [6, 6.07) is 6.02. The largest absolute Gasteiger partial charge is 0.480 e. The van der Waals surface area contributed by atoms with Crippen LogP contribution in [-0.4, -0.2) is 28.9 Å². The Morgan fingerprint density at radius 3 is 2.35 bits per heavy atom. The zero-order valence-electron chi connectivity index (χ0n) is 10.6. The Kier molecular flexibility index (Phi) is 6.17. The monoisotopic (exact) mass is 342 g/mol. The minimum Gasteiger partial charge on any atom is -0.480 e. The zero-order valence-corrected chi connectivity index (χ0v) is 12.2. The van der Waals surface area contributed by atoms with Gasteiger partial charge >= 0.3 is 5.97 Å². The summed E-state index contributed by atoms with van der Waals surface area (Å²) in [6.07, 6.45) is -0.0279. The molecule has 0 saturated heterocycles. The van der Waals surface area contributed by atoms with E-state index in [-0.39, 0.29) is 19.3 Å². The highest BCUT2D eigenvalue weighted by molar-refractivity contribution is 9.10. The second-order valence-corrected chi connectivity index (χ2v) is 5.18. The molecule has 0 aromatic heterocycles. The maximum atomic E-state index is 11.8. The molecule has 4 N–H and O–H groups in total. The summed E-state index contributed by atoms with van der Waals surface area (Å²) in [4.78, 5) is 33.4. The number of carbonyl (C=O) groups excluding carboxylic acids is 2. The molecule has 0 unspecified atom stereocenters. The number of carboxylic acid groups (broad SMARTS) is 1. The number of hydrogen-bond acceptors (Lipinski definition) is 3. The van der Waals surface area contributed by atoms with E-state index in [0.29, 0.717) is 0 Å². The summed E-state index contributed by atoms with van der Waals surface area (Å²) in [5.74, 6) is -2.20. The van der Waals surface area contributed by atoms with E-state index in [9.17, 15) is 14.4 Å². The number of benzene rings is 1. The second kappa shape index (κ2) is 7.64. The van der Waals surface area contributed by atoms with Gasteiger partial charge in [-0.15, -0.1) is 0 Å². The van der Waals surface area contributed by atoms with E-state index in [1.165, 1.54) is 0 Å². The number of nitrogens with two attached hydrogens (primary N) is 1. The molecular weight excluding hydrogens is 328 g/mol. The van der Waals surface area contributed by atoms with Gasteiger partial charge < -0.3 is 16.2 Å². The van der Waals surface area contributed by atoms with E-state index >= 15 is 0 Å². The van der Waals surface area contributed by atoms with Crippen molar-refractivity contribution in [2.75, 3.05) is 0 Å². The summed E-state index contributed by atoms with van der Waals surface area (Å²) in [5, 5.41) is 11.3. The zero-order chi connectivity index (χ0) is 15.1. The maximum Gasteiger partial charge on any atom is 0.326 e. The molecule has 2 amide bonds. The lowest BCUT2D eigenvalue weighted by Crippen LogP contribution is -2.42. The van der Waals surface area contributed by atoms with Crippen LogP contribution in [0.3, 0.4) is 0 Å². The fraction of sp³-hybridized carbons (Fsp3) is 0.308. The van der Waals surface area contributed by atoms with E-state index in [1.54, 1.807) is 24.3 Å². The van der Waals surface area contributed by atoms with Crippen molar-refractivity contribution in [2.45, 2.75) is 25.3 Å². The third-order valence-electron chi connectivity index (χ3n) is 2.59. The number of amides is 2. The molecular formula is C13H15BrN2O4. The van der Waals surface area contributed by atoms with Crippen LogP contribution in [0.5, 0.6) is 0 Å². The summed E-state index contributed by atoms with van der Waals surface area (Å²) in [6.45, 7) is 0. The molecule has 0 heterocycles. The number of carbonyl (C=O) groups is 3. The molecule has 20 heavy (non-hydrogen) atoms. The fourth-order valence-corrected chi connectivity index (χ4v) is 1.84. The van der Waals surface area contributed by atoms with Gasteiger partial charge in [0.15, 0.2) is 0 Å². The number of halogens is 1. The van der Waals surface area contributed by atoms with E-state index in [2.05, 4.69) is 21.2 Å². The summed E-state index contributed by atoms with van der Waals surface area (Å²) >= 11 is 3.28. The van der Waals surface area contributed by atoms with E-state index < -0.39 is 23.8 Å². The molecule has 0 saturated carbocycles. The van der Waals surface area contributed by atoms with Gasteiger partial charge in [-0.25, -0.2) is 4.79 Å². The lowest BCUT2D eigenvalue weighted by molar-refractivity contribution is -0.142. The molecule has 0 bridgehead atoms. The van der Waals surface area contributed by atoms with Crippen molar-refractivity contribution >= 4 is 33.7 Å². The first kappa shape index (κ1) is 16.2. The van der Waals surface area contributed by atoms with E-state index in [0.717, 1.165) is 10.0 Å². The minimum absolute atomic E-state index is 0.0171. The Bertz CT molecular complexity index is 502. The summed E-state index contributed by atoms with van der Waals surface area (Å²) < 4.78 is 0.895. The molecule has 0 fully saturated rings. The fourth-order valence-electron chi connectivity index (χ4n) is 1.58. The Morgan fingerprint density at radius 1 is 1.25 bits per heavy atom. The molecule has 7 heteroatoms. The Balaban J connectivity index is 2.55. The molecule has 108 valence electrons. The number of carboxylic acids is 1. The van der Waals surface area contributed by atoms with Crippen molar-refractivity contribution in [3.05, 3.63) is 34.3 Å². The smallest absolute Gasteiger partial charge is 0.326 e. The van der Waals surface area contributed by atoms with Crippen molar-refractivity contribution < 1.29 is 19.5 Å². The Hall–Kier alpha value is -1.89. The minimum atomic E-state index is -1.18. The van der Waals surface area contributed by atoms with Crippen LogP contribution in [-0.2, 0) is 20.8 Å². The number of rotatable bonds is 7. The van der Waals surface area contributed by atoms with Gasteiger partial charge in [0.2, 0.25) is 11.8 Å². The lowest BCUT2D eigenvalue weighted by Gasteiger charge is -2.13. The standard InChI is InChI=1S/C13H15BrN2O4/c14-9-3-1-8(2-4-9)7-12(18)16-10(13(19)20)5-6-11(15)17/h1-4,10H,5-7H2,(H2,15,17)(H,16,18)(H,19,20)/t10-/m0/s1. The molecule has 1 aromatic rings. The van der Waals surface area contributed by atoms with E-state index in [1.807, 2.05) is 0 Å². The van der Waals surface area contributed by atoms with Gasteiger partial charge in [0.05, 0.1) is 6.42 Å². The van der Waals surface area contributed by atoms with Crippen LogP contribution in [0.1, 0.15) is 18.4 Å². The van der Waals surface area contributed by atoms with Crippen molar-refractivity contribution in [3.8, 4) is 0 Å². The van der Waals surface area contributed by atoms with Crippen LogP contribution < -0.4 is 11.1 Å². The number of hydrogen-bond donors (Lipinski definition) is 3. The molecule has 1 aromatic carbocycles. The average molecular weight is 343 g/mol. The Labute approximate surface area is 124 Å². The van der Waals surface area contributed by atoms with Gasteiger partial charge in [0.25, 0.3) is 0 Å². The first-order valence-corrected chi connectivity index (χ1v) is 6.72. The topological polar surface area (TPSA) is 109 Å². The third-order valence-corrected chi connectivity index (χ3v) is 3.12. The SMILES string of the molecule is NC(=O)CC[C@H](NC(=O)Cc1ccc(Br)cc1)C(=O)O. The van der Waals surface area contributed by atoms with Crippen LogP contribution in [0.25, 0.3) is 0 Å². The predicted octanol–water partition coefficient (Wildman–Crippen LogP) is 0.827. The molecule has 0 aliphatic carbocycles. The van der Waals surface area contributed by atoms with Crippen LogP contribution in [0.2, 0.25) is 0 Å². The maximum absolute atomic E-state index is 11.8.